The summed E-state index contributed by atoms with van der Waals surface area (Å²) in [5, 5.41) is 0. The molecule has 0 aliphatic carbocycles. The smallest absolute Gasteiger partial charge is 0.405 e. The number of ether oxygens (including phenoxy) is 1. The Morgan fingerprint density at radius 1 is 1.32 bits per heavy atom. The molecule has 1 heterocycles. The average molecular weight is 273 g/mol. The number of carbonyl (C=O) groups excluding carboxylic acids is 1. The molecule has 0 radical (unpaired) electrons. The second-order valence-electron chi connectivity index (χ2n) is 4.51. The van der Waals surface area contributed by atoms with Crippen LogP contribution >= 0.6 is 0 Å². The standard InChI is InChI=1S/C13H14F3NO2/c1-9(18)19-8-11-12(13(14,15)16)17(11)7-10-5-3-2-4-6-10/h2-6,11-12H,7-8H2,1H3/t11-,12+,17?/m0/s1. The van der Waals surface area contributed by atoms with Gasteiger partial charge in [0.05, 0.1) is 6.04 Å². The molecule has 1 saturated heterocycles. The van der Waals surface area contributed by atoms with Gasteiger partial charge in [-0.25, -0.2) is 0 Å². The molecule has 1 aromatic rings. The van der Waals surface area contributed by atoms with Crippen LogP contribution in [0.25, 0.3) is 0 Å². The third-order valence-electron chi connectivity index (χ3n) is 3.06. The number of benzene rings is 1. The van der Waals surface area contributed by atoms with E-state index >= 15 is 0 Å². The highest BCUT2D eigenvalue weighted by Crippen LogP contribution is 2.42. The topological polar surface area (TPSA) is 29.3 Å². The highest BCUT2D eigenvalue weighted by molar-refractivity contribution is 5.66. The van der Waals surface area contributed by atoms with E-state index in [1.165, 1.54) is 11.8 Å². The van der Waals surface area contributed by atoms with Gasteiger partial charge < -0.3 is 4.74 Å². The first-order chi connectivity index (χ1) is 8.89. The maximum atomic E-state index is 12.8. The van der Waals surface area contributed by atoms with Crippen LogP contribution in [0.4, 0.5) is 13.2 Å². The van der Waals surface area contributed by atoms with Crippen molar-refractivity contribution in [2.75, 3.05) is 6.61 Å². The van der Waals surface area contributed by atoms with Crippen LogP contribution in [0.3, 0.4) is 0 Å². The minimum atomic E-state index is -4.29. The van der Waals surface area contributed by atoms with Crippen molar-refractivity contribution in [1.82, 2.24) is 4.90 Å². The summed E-state index contributed by atoms with van der Waals surface area (Å²) in [6.07, 6.45) is -4.29. The third kappa shape index (κ3) is 3.47. The van der Waals surface area contributed by atoms with Gasteiger partial charge in [-0.2, -0.15) is 13.2 Å². The zero-order valence-corrected chi connectivity index (χ0v) is 10.4. The van der Waals surface area contributed by atoms with E-state index in [1.807, 2.05) is 6.07 Å². The Morgan fingerprint density at radius 2 is 1.95 bits per heavy atom. The lowest BCUT2D eigenvalue weighted by Gasteiger charge is -2.06. The van der Waals surface area contributed by atoms with Crippen molar-refractivity contribution in [3.8, 4) is 0 Å². The molecule has 0 saturated carbocycles. The molecule has 0 bridgehead atoms. The van der Waals surface area contributed by atoms with Crippen LogP contribution in [0.1, 0.15) is 12.5 Å². The molecular weight excluding hydrogens is 259 g/mol. The summed E-state index contributed by atoms with van der Waals surface area (Å²) < 4.78 is 43.0. The Bertz CT molecular complexity index is 447. The zero-order chi connectivity index (χ0) is 14.0. The van der Waals surface area contributed by atoms with Gasteiger partial charge in [0.15, 0.2) is 0 Å². The lowest BCUT2D eigenvalue weighted by Crippen LogP contribution is -2.22. The van der Waals surface area contributed by atoms with Crippen LogP contribution in [0.15, 0.2) is 30.3 Å². The normalized spacial score (nSPS) is 26.0. The molecule has 1 aliphatic heterocycles. The maximum absolute atomic E-state index is 12.8. The van der Waals surface area contributed by atoms with Gasteiger partial charge in [-0.05, 0) is 5.56 Å². The zero-order valence-electron chi connectivity index (χ0n) is 10.4. The highest BCUT2D eigenvalue weighted by atomic mass is 19.4. The van der Waals surface area contributed by atoms with Crippen LogP contribution in [0.2, 0.25) is 0 Å². The van der Waals surface area contributed by atoms with E-state index in [9.17, 15) is 18.0 Å². The van der Waals surface area contributed by atoms with E-state index < -0.39 is 24.2 Å². The third-order valence-corrected chi connectivity index (χ3v) is 3.06. The fourth-order valence-corrected chi connectivity index (χ4v) is 2.14. The molecular formula is C13H14F3NO2. The first-order valence-electron chi connectivity index (χ1n) is 5.89. The Labute approximate surface area is 109 Å². The van der Waals surface area contributed by atoms with Crippen LogP contribution in [-0.2, 0) is 16.1 Å². The van der Waals surface area contributed by atoms with Crippen LogP contribution in [-0.4, -0.2) is 35.7 Å². The molecule has 1 unspecified atom stereocenters. The van der Waals surface area contributed by atoms with Gasteiger partial charge in [-0.1, -0.05) is 30.3 Å². The summed E-state index contributed by atoms with van der Waals surface area (Å²) >= 11 is 0. The number of rotatable bonds is 4. The number of alkyl halides is 3. The largest absolute Gasteiger partial charge is 0.464 e. The van der Waals surface area contributed by atoms with Crippen LogP contribution in [0.5, 0.6) is 0 Å². The van der Waals surface area contributed by atoms with E-state index in [4.69, 9.17) is 0 Å². The van der Waals surface area contributed by atoms with E-state index in [2.05, 4.69) is 4.74 Å². The minimum absolute atomic E-state index is 0.205. The Balaban J connectivity index is 1.99. The van der Waals surface area contributed by atoms with E-state index in [0.717, 1.165) is 5.56 Å². The lowest BCUT2D eigenvalue weighted by atomic mass is 10.2. The Morgan fingerprint density at radius 3 is 2.47 bits per heavy atom. The molecule has 1 fully saturated rings. The van der Waals surface area contributed by atoms with Crippen molar-refractivity contribution in [3.05, 3.63) is 35.9 Å². The van der Waals surface area contributed by atoms with Crippen LogP contribution in [0, 0.1) is 0 Å². The SMILES string of the molecule is CC(=O)OC[C@H]1[C@H](C(F)(F)F)N1Cc1ccccc1. The summed E-state index contributed by atoms with van der Waals surface area (Å²) in [5.41, 5.74) is 0.807. The van der Waals surface area contributed by atoms with Gasteiger partial charge in [-0.3, -0.25) is 9.69 Å². The van der Waals surface area contributed by atoms with Crippen molar-refractivity contribution in [1.29, 1.82) is 0 Å². The average Bonchev–Trinajstić information content (AvgIpc) is 3.01. The van der Waals surface area contributed by atoms with Gasteiger partial charge in [0.2, 0.25) is 0 Å². The Kier molecular flexibility index (Phi) is 3.80. The number of esters is 1. The van der Waals surface area contributed by atoms with Crippen molar-refractivity contribution < 1.29 is 22.7 Å². The fourth-order valence-electron chi connectivity index (χ4n) is 2.14. The van der Waals surface area contributed by atoms with E-state index in [1.54, 1.807) is 24.3 Å². The van der Waals surface area contributed by atoms with Crippen molar-refractivity contribution in [2.24, 2.45) is 0 Å². The molecule has 0 spiro atoms. The van der Waals surface area contributed by atoms with Crippen molar-refractivity contribution >= 4 is 5.97 Å². The summed E-state index contributed by atoms with van der Waals surface area (Å²) in [7, 11) is 0. The summed E-state index contributed by atoms with van der Waals surface area (Å²) in [6, 6.07) is 6.62. The molecule has 0 aromatic heterocycles. The first kappa shape index (κ1) is 13.9. The molecule has 3 nitrogen and oxygen atoms in total. The number of carbonyl (C=O) groups is 1. The molecule has 0 N–H and O–H groups in total. The fraction of sp³-hybridized carbons (Fsp3) is 0.462. The summed E-state index contributed by atoms with van der Waals surface area (Å²) in [4.78, 5) is 12.0. The predicted molar refractivity (Wildman–Crippen MR) is 62.2 cm³/mol. The van der Waals surface area contributed by atoms with Crippen molar-refractivity contribution in [3.63, 3.8) is 0 Å². The quantitative estimate of drug-likeness (QED) is 0.623. The molecule has 104 valence electrons. The predicted octanol–water partition coefficient (Wildman–Crippen LogP) is 2.36. The number of halogens is 3. The minimum Gasteiger partial charge on any atom is -0.464 e. The van der Waals surface area contributed by atoms with Crippen LogP contribution < -0.4 is 0 Å². The van der Waals surface area contributed by atoms with Gasteiger partial charge in [-0.15, -0.1) is 0 Å². The number of nitrogens with zero attached hydrogens (tertiary/aromatic N) is 1. The first-order valence-corrected chi connectivity index (χ1v) is 5.89. The molecule has 3 atom stereocenters. The lowest BCUT2D eigenvalue weighted by molar-refractivity contribution is -0.144. The van der Waals surface area contributed by atoms with E-state index in [-0.39, 0.29) is 13.2 Å². The van der Waals surface area contributed by atoms with Gasteiger partial charge in [0.25, 0.3) is 0 Å². The molecule has 0 amide bonds. The Hall–Kier alpha value is -1.56. The van der Waals surface area contributed by atoms with Gasteiger partial charge >= 0.3 is 12.1 Å². The monoisotopic (exact) mass is 273 g/mol. The molecule has 19 heavy (non-hydrogen) atoms. The van der Waals surface area contributed by atoms with Crippen molar-refractivity contribution in [2.45, 2.75) is 31.7 Å². The highest BCUT2D eigenvalue weighted by Gasteiger charge is 2.62. The number of hydrogen-bond donors (Lipinski definition) is 0. The molecule has 6 heteroatoms. The summed E-state index contributed by atoms with van der Waals surface area (Å²) in [6.45, 7) is 1.18. The summed E-state index contributed by atoms with van der Waals surface area (Å²) in [5.74, 6) is -0.563. The molecule has 1 aromatic carbocycles. The molecule has 2 rings (SSSR count). The number of hydrogen-bond acceptors (Lipinski definition) is 3. The molecule has 1 aliphatic rings. The van der Waals surface area contributed by atoms with Gasteiger partial charge in [0, 0.05) is 13.5 Å². The maximum Gasteiger partial charge on any atom is 0.405 e. The van der Waals surface area contributed by atoms with E-state index in [0.29, 0.717) is 0 Å². The van der Waals surface area contributed by atoms with Gasteiger partial charge in [0.1, 0.15) is 12.6 Å². The second kappa shape index (κ2) is 5.21. The second-order valence-corrected chi connectivity index (χ2v) is 4.51.